The van der Waals surface area contributed by atoms with Crippen LogP contribution in [0.5, 0.6) is 11.5 Å². The highest BCUT2D eigenvalue weighted by molar-refractivity contribution is 7.99. The number of fused-ring (bicyclic) bond motifs is 1. The molecular formula is C20H22F2N2O3S. The topological polar surface area (TPSA) is 50.8 Å². The molecule has 0 spiro atoms. The number of nitrogens with zero attached hydrogens (tertiary/aromatic N) is 1. The maximum Gasteiger partial charge on any atom is 0.288 e. The summed E-state index contributed by atoms with van der Waals surface area (Å²) in [7, 11) is 0. The average molecular weight is 408 g/mol. The van der Waals surface area contributed by atoms with Crippen molar-refractivity contribution in [2.45, 2.75) is 23.7 Å². The maximum atomic E-state index is 12.7. The maximum absolute atomic E-state index is 12.7. The van der Waals surface area contributed by atoms with Crippen LogP contribution in [0.1, 0.15) is 6.92 Å². The molecule has 2 aromatic rings. The number of para-hydroxylation sites is 3. The van der Waals surface area contributed by atoms with Crippen LogP contribution in [0.3, 0.4) is 0 Å². The van der Waals surface area contributed by atoms with Gasteiger partial charge in [-0.25, -0.2) is 0 Å². The summed E-state index contributed by atoms with van der Waals surface area (Å²) in [6, 6.07) is 14.0. The number of benzene rings is 2. The van der Waals surface area contributed by atoms with Gasteiger partial charge in [0.1, 0.15) is 12.7 Å². The summed E-state index contributed by atoms with van der Waals surface area (Å²) in [6.45, 7) is 3.65. The second kappa shape index (κ2) is 9.75. The minimum Gasteiger partial charge on any atom is -0.486 e. The minimum atomic E-state index is -2.54. The van der Waals surface area contributed by atoms with Gasteiger partial charge in [0.25, 0.3) is 5.76 Å². The highest BCUT2D eigenvalue weighted by Gasteiger charge is 2.23. The molecule has 150 valence electrons. The fourth-order valence-corrected chi connectivity index (χ4v) is 3.50. The van der Waals surface area contributed by atoms with E-state index in [-0.39, 0.29) is 18.6 Å². The molecule has 0 aromatic heterocycles. The van der Waals surface area contributed by atoms with Gasteiger partial charge in [-0.1, -0.05) is 43.0 Å². The Labute approximate surface area is 167 Å². The number of hydrogen-bond acceptors (Lipinski definition) is 5. The van der Waals surface area contributed by atoms with E-state index in [1.807, 2.05) is 36.1 Å². The first-order chi connectivity index (χ1) is 13.5. The molecule has 0 aliphatic carbocycles. The molecule has 0 saturated carbocycles. The molecule has 5 nitrogen and oxygen atoms in total. The molecule has 1 atom stereocenters. The quantitative estimate of drug-likeness (QED) is 0.667. The predicted octanol–water partition coefficient (Wildman–Crippen LogP) is 4.10. The van der Waals surface area contributed by atoms with Crippen LogP contribution in [0.4, 0.5) is 14.5 Å². The molecular weight excluding hydrogens is 386 g/mol. The predicted molar refractivity (Wildman–Crippen MR) is 105 cm³/mol. The number of thioether (sulfide) groups is 1. The summed E-state index contributed by atoms with van der Waals surface area (Å²) >= 11 is 0.415. The summed E-state index contributed by atoms with van der Waals surface area (Å²) in [4.78, 5) is 14.7. The number of likely N-dealkylation sites (N-methyl/N-ethyl adjacent to an activating group) is 1. The van der Waals surface area contributed by atoms with Gasteiger partial charge in [0.15, 0.2) is 11.5 Å². The van der Waals surface area contributed by atoms with Crippen LogP contribution < -0.4 is 14.8 Å². The van der Waals surface area contributed by atoms with Gasteiger partial charge in [0.2, 0.25) is 5.91 Å². The first-order valence-electron chi connectivity index (χ1n) is 8.99. The van der Waals surface area contributed by atoms with E-state index in [0.29, 0.717) is 53.5 Å². The van der Waals surface area contributed by atoms with Crippen LogP contribution in [0.15, 0.2) is 53.4 Å². The number of rotatable bonds is 8. The van der Waals surface area contributed by atoms with Gasteiger partial charge in [0.05, 0.1) is 12.2 Å². The lowest BCUT2D eigenvalue weighted by Gasteiger charge is -2.30. The van der Waals surface area contributed by atoms with Gasteiger partial charge < -0.3 is 14.8 Å². The molecule has 8 heteroatoms. The fourth-order valence-electron chi connectivity index (χ4n) is 2.91. The lowest BCUT2D eigenvalue weighted by atomic mass is 10.2. The van der Waals surface area contributed by atoms with Gasteiger partial charge in [0, 0.05) is 11.4 Å². The Morgan fingerprint density at radius 1 is 1.21 bits per heavy atom. The van der Waals surface area contributed by atoms with Crippen molar-refractivity contribution in [1.82, 2.24) is 4.90 Å². The lowest BCUT2D eigenvalue weighted by molar-refractivity contribution is -0.117. The van der Waals surface area contributed by atoms with Crippen LogP contribution in [0.25, 0.3) is 0 Å². The SMILES string of the molecule is CCN(CC(=O)Nc1ccccc1SC(F)F)C[C@@H]1COc2ccccc2O1. The first-order valence-corrected chi connectivity index (χ1v) is 9.87. The summed E-state index contributed by atoms with van der Waals surface area (Å²) in [5.41, 5.74) is 0.389. The first kappa shape index (κ1) is 20.4. The fraction of sp³-hybridized carbons (Fsp3) is 0.350. The van der Waals surface area contributed by atoms with Crippen LogP contribution in [0, 0.1) is 0 Å². The smallest absolute Gasteiger partial charge is 0.288 e. The van der Waals surface area contributed by atoms with E-state index in [1.54, 1.807) is 24.3 Å². The number of halogens is 2. The van der Waals surface area contributed by atoms with E-state index in [9.17, 15) is 13.6 Å². The number of anilines is 1. The molecule has 0 saturated heterocycles. The van der Waals surface area contributed by atoms with Gasteiger partial charge in [-0.05, 0) is 30.8 Å². The third-order valence-corrected chi connectivity index (χ3v) is 5.01. The normalized spacial score (nSPS) is 15.7. The minimum absolute atomic E-state index is 0.131. The molecule has 28 heavy (non-hydrogen) atoms. The molecule has 0 unspecified atom stereocenters. The van der Waals surface area contributed by atoms with E-state index < -0.39 is 5.76 Å². The van der Waals surface area contributed by atoms with Crippen molar-refractivity contribution >= 4 is 23.4 Å². The Hall–Kier alpha value is -2.32. The molecule has 0 bridgehead atoms. The van der Waals surface area contributed by atoms with E-state index in [0.717, 1.165) is 0 Å². The highest BCUT2D eigenvalue weighted by Crippen LogP contribution is 2.32. The molecule has 1 heterocycles. The third kappa shape index (κ3) is 5.59. The van der Waals surface area contributed by atoms with E-state index in [4.69, 9.17) is 9.47 Å². The van der Waals surface area contributed by atoms with E-state index >= 15 is 0 Å². The summed E-state index contributed by atoms with van der Waals surface area (Å²) in [6.07, 6.45) is -0.190. The second-order valence-electron chi connectivity index (χ2n) is 6.25. The Morgan fingerprint density at radius 3 is 2.68 bits per heavy atom. The molecule has 1 N–H and O–H groups in total. The van der Waals surface area contributed by atoms with Crippen molar-refractivity contribution in [3.63, 3.8) is 0 Å². The van der Waals surface area contributed by atoms with E-state index in [2.05, 4.69) is 5.32 Å². The van der Waals surface area contributed by atoms with Crippen molar-refractivity contribution in [2.75, 3.05) is 31.6 Å². The Kier molecular flexibility index (Phi) is 7.11. The number of ether oxygens (including phenoxy) is 2. The molecule has 3 rings (SSSR count). The molecule has 1 aliphatic heterocycles. The average Bonchev–Trinajstić information content (AvgIpc) is 2.68. The van der Waals surface area contributed by atoms with Crippen molar-refractivity contribution < 1.29 is 23.0 Å². The molecule has 0 fully saturated rings. The standard InChI is InChI=1S/C20H22F2N2O3S/c1-2-24(11-14-13-26-16-8-4-5-9-17(16)27-14)12-19(25)23-15-7-3-6-10-18(15)28-20(21)22/h3-10,14,20H,2,11-13H2,1H3,(H,23,25)/t14-/m1/s1. The summed E-state index contributed by atoms with van der Waals surface area (Å²) in [5.74, 6) is -1.40. The Balaban J connectivity index is 1.56. The van der Waals surface area contributed by atoms with Gasteiger partial charge in [-0.3, -0.25) is 9.69 Å². The molecule has 2 aromatic carbocycles. The van der Waals surface area contributed by atoms with E-state index in [1.165, 1.54) is 0 Å². The van der Waals surface area contributed by atoms with Crippen molar-refractivity contribution in [1.29, 1.82) is 0 Å². The zero-order valence-electron chi connectivity index (χ0n) is 15.4. The summed E-state index contributed by atoms with van der Waals surface area (Å²) < 4.78 is 37.0. The number of carbonyl (C=O) groups is 1. The molecule has 1 aliphatic rings. The van der Waals surface area contributed by atoms with Gasteiger partial charge in [-0.2, -0.15) is 8.78 Å². The Morgan fingerprint density at radius 2 is 1.93 bits per heavy atom. The van der Waals surface area contributed by atoms with Crippen LogP contribution in [-0.4, -0.2) is 48.9 Å². The zero-order chi connectivity index (χ0) is 19.9. The second-order valence-corrected chi connectivity index (χ2v) is 7.28. The van der Waals surface area contributed by atoms with Crippen molar-refractivity contribution in [2.24, 2.45) is 0 Å². The number of nitrogens with one attached hydrogen (secondary N) is 1. The molecule has 1 amide bonds. The van der Waals surface area contributed by atoms with Crippen LogP contribution >= 0.6 is 11.8 Å². The van der Waals surface area contributed by atoms with Crippen LogP contribution in [0.2, 0.25) is 0 Å². The Bertz CT molecular complexity index is 807. The van der Waals surface area contributed by atoms with Gasteiger partial charge in [-0.15, -0.1) is 0 Å². The summed E-state index contributed by atoms with van der Waals surface area (Å²) in [5, 5.41) is 2.73. The van der Waals surface area contributed by atoms with Gasteiger partial charge >= 0.3 is 0 Å². The van der Waals surface area contributed by atoms with Crippen molar-refractivity contribution in [3.05, 3.63) is 48.5 Å². The lowest BCUT2D eigenvalue weighted by Crippen LogP contribution is -2.43. The number of carbonyl (C=O) groups excluding carboxylic acids is 1. The number of hydrogen-bond donors (Lipinski definition) is 1. The van der Waals surface area contributed by atoms with Crippen molar-refractivity contribution in [3.8, 4) is 11.5 Å². The van der Waals surface area contributed by atoms with Crippen LogP contribution in [-0.2, 0) is 4.79 Å². The third-order valence-electron chi connectivity index (χ3n) is 4.22. The monoisotopic (exact) mass is 408 g/mol. The largest absolute Gasteiger partial charge is 0.486 e. The highest BCUT2D eigenvalue weighted by atomic mass is 32.2. The zero-order valence-corrected chi connectivity index (χ0v) is 16.3. The number of amides is 1. The molecule has 0 radical (unpaired) electrons. The number of alkyl halides is 2.